The molecule has 0 radical (unpaired) electrons. The maximum atomic E-state index is 12.0. The van der Waals surface area contributed by atoms with Gasteiger partial charge in [-0.05, 0) is 23.6 Å². The zero-order valence-electron chi connectivity index (χ0n) is 12.2. The number of benzene rings is 1. The molecule has 0 aliphatic carbocycles. The van der Waals surface area contributed by atoms with Crippen LogP contribution in [0.5, 0.6) is 0 Å². The van der Waals surface area contributed by atoms with Gasteiger partial charge in [0.2, 0.25) is 0 Å². The van der Waals surface area contributed by atoms with Crippen LogP contribution in [0.15, 0.2) is 27.6 Å². The van der Waals surface area contributed by atoms with Crippen molar-refractivity contribution < 1.29 is 21.7 Å². The molecule has 0 unspecified atom stereocenters. The zero-order valence-corrected chi connectivity index (χ0v) is 14.0. The van der Waals surface area contributed by atoms with Crippen molar-refractivity contribution in [3.63, 3.8) is 0 Å². The summed E-state index contributed by atoms with van der Waals surface area (Å²) in [6, 6.07) is 4.61. The molecule has 0 atom stereocenters. The molecule has 0 aliphatic heterocycles. The normalized spacial score (nSPS) is 12.0. The van der Waals surface area contributed by atoms with E-state index in [1.165, 1.54) is 33.5 Å². The number of sulfonamides is 1. The Hall–Kier alpha value is -1.42. The summed E-state index contributed by atoms with van der Waals surface area (Å²) in [5.41, 5.74) is 8.87. The van der Waals surface area contributed by atoms with Crippen LogP contribution in [0.1, 0.15) is 12.5 Å². The largest absolute Gasteiger partial charge is 0.536 e. The van der Waals surface area contributed by atoms with Crippen LogP contribution < -0.4 is 5.19 Å². The lowest BCUT2D eigenvalue weighted by molar-refractivity contribution is 0.140. The Bertz CT molecular complexity index is 646. The molecular formula is C11H17N3O5SSi. The van der Waals surface area contributed by atoms with E-state index in [-0.39, 0.29) is 4.90 Å². The van der Waals surface area contributed by atoms with Gasteiger partial charge in [0.1, 0.15) is 0 Å². The van der Waals surface area contributed by atoms with E-state index in [4.69, 9.17) is 18.8 Å². The summed E-state index contributed by atoms with van der Waals surface area (Å²) in [5, 5.41) is 0.534. The Labute approximate surface area is 124 Å². The second kappa shape index (κ2) is 7.03. The molecule has 0 bridgehead atoms. The van der Waals surface area contributed by atoms with Crippen LogP contribution in [-0.2, 0) is 29.7 Å². The maximum absolute atomic E-state index is 12.0. The fourth-order valence-corrected chi connectivity index (χ4v) is 5.36. The number of azide groups is 1. The first-order chi connectivity index (χ1) is 9.92. The number of rotatable bonds is 7. The molecule has 21 heavy (non-hydrogen) atoms. The van der Waals surface area contributed by atoms with Crippen LogP contribution in [0.4, 0.5) is 0 Å². The van der Waals surface area contributed by atoms with Crippen molar-refractivity contribution in [1.82, 2.24) is 0 Å². The first-order valence-electron chi connectivity index (χ1n) is 6.01. The average molecular weight is 331 g/mol. The van der Waals surface area contributed by atoms with Gasteiger partial charge in [0, 0.05) is 35.9 Å². The molecule has 0 N–H and O–H groups in total. The summed E-state index contributed by atoms with van der Waals surface area (Å²) < 4.78 is 43.1. The lowest BCUT2D eigenvalue weighted by Gasteiger charge is -2.27. The first-order valence-corrected chi connectivity index (χ1v) is 9.18. The van der Waals surface area contributed by atoms with Gasteiger partial charge in [-0.3, -0.25) is 0 Å². The van der Waals surface area contributed by atoms with Crippen molar-refractivity contribution in [3.05, 3.63) is 34.2 Å². The molecule has 1 rings (SSSR count). The Kier molecular flexibility index (Phi) is 5.90. The molecule has 116 valence electrons. The highest BCUT2D eigenvalue weighted by Crippen LogP contribution is 2.21. The van der Waals surface area contributed by atoms with Gasteiger partial charge in [-0.1, -0.05) is 19.1 Å². The fraction of sp³-hybridized carbons (Fsp3) is 0.455. The van der Waals surface area contributed by atoms with Crippen LogP contribution in [0.2, 0.25) is 0 Å². The summed E-state index contributed by atoms with van der Waals surface area (Å²) >= 11 is 0. The van der Waals surface area contributed by atoms with Gasteiger partial charge < -0.3 is 13.3 Å². The lowest BCUT2D eigenvalue weighted by Crippen LogP contribution is -2.56. The molecule has 1 aromatic rings. The van der Waals surface area contributed by atoms with Crippen LogP contribution >= 0.6 is 0 Å². The van der Waals surface area contributed by atoms with Gasteiger partial charge >= 0.3 is 8.80 Å². The second-order valence-corrected chi connectivity index (χ2v) is 8.38. The third kappa shape index (κ3) is 3.26. The van der Waals surface area contributed by atoms with E-state index in [9.17, 15) is 8.42 Å². The predicted octanol–water partition coefficient (Wildman–Crippen LogP) is 1.33. The highest BCUT2D eigenvalue weighted by Gasteiger charge is 2.43. The van der Waals surface area contributed by atoms with E-state index in [1.54, 1.807) is 13.0 Å². The molecule has 0 spiro atoms. The third-order valence-corrected chi connectivity index (χ3v) is 7.01. The van der Waals surface area contributed by atoms with E-state index in [0.29, 0.717) is 17.2 Å². The highest BCUT2D eigenvalue weighted by atomic mass is 32.2. The minimum atomic E-state index is -4.10. The first kappa shape index (κ1) is 17.6. The van der Waals surface area contributed by atoms with Crippen molar-refractivity contribution in [2.24, 2.45) is 4.52 Å². The monoisotopic (exact) mass is 331 g/mol. The fourth-order valence-electron chi connectivity index (χ4n) is 2.13. The topological polar surface area (TPSA) is 111 Å². The number of nitrogens with zero attached hydrogens (tertiary/aromatic N) is 3. The second-order valence-electron chi connectivity index (χ2n) is 3.95. The van der Waals surface area contributed by atoms with Gasteiger partial charge in [-0.2, -0.15) is 0 Å². The van der Waals surface area contributed by atoms with Gasteiger partial charge in [0.15, 0.2) is 0 Å². The Morgan fingerprint density at radius 1 is 1.24 bits per heavy atom. The summed E-state index contributed by atoms with van der Waals surface area (Å²) in [6.45, 7) is 1.79. The molecule has 10 heteroatoms. The summed E-state index contributed by atoms with van der Waals surface area (Å²) in [6.07, 6.45) is 0.385. The molecule has 0 heterocycles. The molecule has 0 saturated heterocycles. The summed E-state index contributed by atoms with van der Waals surface area (Å²) in [7, 11) is -2.97. The van der Waals surface area contributed by atoms with Crippen LogP contribution in [0.3, 0.4) is 0 Å². The van der Waals surface area contributed by atoms with Crippen molar-refractivity contribution in [2.45, 2.75) is 18.2 Å². The maximum Gasteiger partial charge on any atom is 0.536 e. The number of hydrogen-bond donors (Lipinski definition) is 0. The van der Waals surface area contributed by atoms with Crippen LogP contribution in [0, 0.1) is 0 Å². The minimum absolute atomic E-state index is 0.0664. The third-order valence-electron chi connectivity index (χ3n) is 3.04. The Balaban J connectivity index is 3.69. The minimum Gasteiger partial charge on any atom is -0.373 e. The smallest absolute Gasteiger partial charge is 0.373 e. The molecule has 1 aromatic carbocycles. The molecular weight excluding hydrogens is 314 g/mol. The predicted molar refractivity (Wildman–Crippen MR) is 78.6 cm³/mol. The van der Waals surface area contributed by atoms with Gasteiger partial charge in [-0.25, -0.2) is 8.42 Å². The molecule has 0 fully saturated rings. The van der Waals surface area contributed by atoms with Crippen LogP contribution in [0.25, 0.3) is 10.4 Å². The van der Waals surface area contributed by atoms with E-state index in [1.807, 2.05) is 0 Å². The Morgan fingerprint density at radius 3 is 2.24 bits per heavy atom. The summed E-state index contributed by atoms with van der Waals surface area (Å²) in [4.78, 5) is 2.30. The van der Waals surface area contributed by atoms with E-state index in [0.717, 1.165) is 0 Å². The van der Waals surface area contributed by atoms with E-state index < -0.39 is 18.8 Å². The zero-order chi connectivity index (χ0) is 16.1. The molecule has 0 amide bonds. The molecule has 0 aromatic heterocycles. The standard InChI is InChI=1S/C11H17N3O5SSi/c1-5-9-10(20(15,16)14-13-12)7-6-8-11(9)21(17-2,18-3)19-4/h6-8H,5H2,1-4H3. The average Bonchev–Trinajstić information content (AvgIpc) is 2.49. The van der Waals surface area contributed by atoms with Gasteiger partial charge in [0.25, 0.3) is 10.0 Å². The van der Waals surface area contributed by atoms with Crippen molar-refractivity contribution >= 4 is 24.0 Å². The SMILES string of the molecule is CCc1c([Si](OC)(OC)OC)cccc1S(=O)(=O)N=[N+]=[N-]. The van der Waals surface area contributed by atoms with Crippen LogP contribution in [-0.4, -0.2) is 38.6 Å². The molecule has 8 nitrogen and oxygen atoms in total. The molecule has 0 aliphatic rings. The van der Waals surface area contributed by atoms with Gasteiger partial charge in [-0.15, -0.1) is 0 Å². The van der Waals surface area contributed by atoms with Gasteiger partial charge in [0.05, 0.1) is 4.90 Å². The molecule has 0 saturated carbocycles. The highest BCUT2D eigenvalue weighted by molar-refractivity contribution is 7.90. The van der Waals surface area contributed by atoms with Crippen molar-refractivity contribution in [1.29, 1.82) is 0 Å². The summed E-state index contributed by atoms with van der Waals surface area (Å²) in [5.74, 6) is 0. The van der Waals surface area contributed by atoms with Crippen molar-refractivity contribution in [2.75, 3.05) is 21.3 Å². The Morgan fingerprint density at radius 2 is 1.81 bits per heavy atom. The van der Waals surface area contributed by atoms with Crippen molar-refractivity contribution in [3.8, 4) is 0 Å². The van der Waals surface area contributed by atoms with E-state index in [2.05, 4.69) is 9.43 Å². The lowest BCUT2D eigenvalue weighted by atomic mass is 10.2. The number of hydrogen-bond acceptors (Lipinski definition) is 5. The van der Waals surface area contributed by atoms with E-state index >= 15 is 0 Å². The quantitative estimate of drug-likeness (QED) is 0.324.